The number of hydrogen-bond donors (Lipinski definition) is 3. The Hall–Kier alpha value is -0.160. The topological polar surface area (TPSA) is 61.7 Å². The van der Waals surface area contributed by atoms with E-state index in [9.17, 15) is 10.2 Å². The normalized spacial score (nSPS) is 26.7. The van der Waals surface area contributed by atoms with Gasteiger partial charge in [0.25, 0.3) is 0 Å². The standard InChI is InChI=1S/C16H33NO3/c1-12(2)8-13(3)20-11-15(19)9-17-16-7-5-4-6-14(16)10-18/h12-19H,4-11H2,1-3H3. The minimum absolute atomic E-state index is 0.199. The van der Waals surface area contributed by atoms with Crippen molar-refractivity contribution >= 4 is 0 Å². The van der Waals surface area contributed by atoms with Crippen LogP contribution in [0.1, 0.15) is 52.9 Å². The van der Waals surface area contributed by atoms with Crippen LogP contribution in [0.2, 0.25) is 0 Å². The molecule has 0 spiro atoms. The van der Waals surface area contributed by atoms with Gasteiger partial charge in [0.05, 0.1) is 18.8 Å². The number of aliphatic hydroxyl groups excluding tert-OH is 2. The molecule has 120 valence electrons. The lowest BCUT2D eigenvalue weighted by molar-refractivity contribution is -0.0108. The van der Waals surface area contributed by atoms with Gasteiger partial charge in [0.15, 0.2) is 0 Å². The van der Waals surface area contributed by atoms with Crippen LogP contribution < -0.4 is 5.32 Å². The molecule has 1 rings (SSSR count). The highest BCUT2D eigenvalue weighted by molar-refractivity contribution is 4.81. The summed E-state index contributed by atoms with van der Waals surface area (Å²) in [6, 6.07) is 0.344. The Kier molecular flexibility index (Phi) is 8.69. The van der Waals surface area contributed by atoms with Crippen molar-refractivity contribution in [3.63, 3.8) is 0 Å². The molecule has 1 saturated carbocycles. The van der Waals surface area contributed by atoms with E-state index in [1.54, 1.807) is 0 Å². The van der Waals surface area contributed by atoms with Crippen molar-refractivity contribution in [3.05, 3.63) is 0 Å². The molecule has 1 aliphatic rings. The SMILES string of the molecule is CC(C)CC(C)OCC(O)CNC1CCCCC1CO. The Morgan fingerprint density at radius 1 is 1.20 bits per heavy atom. The quantitative estimate of drug-likeness (QED) is 0.606. The van der Waals surface area contributed by atoms with E-state index in [0.717, 1.165) is 19.3 Å². The van der Waals surface area contributed by atoms with E-state index >= 15 is 0 Å². The zero-order valence-corrected chi connectivity index (χ0v) is 13.3. The average molecular weight is 287 g/mol. The molecule has 0 aromatic carbocycles. The molecule has 0 heterocycles. The van der Waals surface area contributed by atoms with E-state index in [-0.39, 0.29) is 12.7 Å². The summed E-state index contributed by atoms with van der Waals surface area (Å²) >= 11 is 0. The van der Waals surface area contributed by atoms with Gasteiger partial charge in [0.2, 0.25) is 0 Å². The number of rotatable bonds is 9. The molecule has 4 heteroatoms. The van der Waals surface area contributed by atoms with Crippen LogP contribution in [-0.2, 0) is 4.74 Å². The fourth-order valence-electron chi connectivity index (χ4n) is 3.05. The molecule has 0 saturated heterocycles. The Morgan fingerprint density at radius 3 is 2.55 bits per heavy atom. The number of aliphatic hydroxyl groups is 2. The van der Waals surface area contributed by atoms with Gasteiger partial charge in [-0.1, -0.05) is 26.7 Å². The molecule has 1 fully saturated rings. The first-order valence-electron chi connectivity index (χ1n) is 8.16. The van der Waals surface area contributed by atoms with Gasteiger partial charge in [-0.2, -0.15) is 0 Å². The van der Waals surface area contributed by atoms with Crippen molar-refractivity contribution in [2.24, 2.45) is 11.8 Å². The molecule has 20 heavy (non-hydrogen) atoms. The summed E-state index contributed by atoms with van der Waals surface area (Å²) in [7, 11) is 0. The third-order valence-corrected chi connectivity index (χ3v) is 4.14. The molecule has 0 bridgehead atoms. The van der Waals surface area contributed by atoms with Crippen LogP contribution in [0.15, 0.2) is 0 Å². The highest BCUT2D eigenvalue weighted by Crippen LogP contribution is 2.23. The maximum Gasteiger partial charge on any atom is 0.0897 e. The van der Waals surface area contributed by atoms with E-state index in [2.05, 4.69) is 26.1 Å². The summed E-state index contributed by atoms with van der Waals surface area (Å²) in [6.45, 7) is 7.59. The molecule has 4 nitrogen and oxygen atoms in total. The first-order valence-corrected chi connectivity index (χ1v) is 8.16. The second-order valence-electron chi connectivity index (χ2n) is 6.67. The van der Waals surface area contributed by atoms with Crippen LogP contribution in [0.3, 0.4) is 0 Å². The van der Waals surface area contributed by atoms with E-state index in [1.165, 1.54) is 12.8 Å². The predicted molar refractivity (Wildman–Crippen MR) is 81.7 cm³/mol. The molecule has 0 aromatic heterocycles. The van der Waals surface area contributed by atoms with E-state index in [0.29, 0.717) is 31.0 Å². The summed E-state index contributed by atoms with van der Waals surface area (Å²) in [5.41, 5.74) is 0. The minimum atomic E-state index is -0.467. The fraction of sp³-hybridized carbons (Fsp3) is 1.00. The van der Waals surface area contributed by atoms with E-state index < -0.39 is 6.10 Å². The monoisotopic (exact) mass is 287 g/mol. The third-order valence-electron chi connectivity index (χ3n) is 4.14. The lowest BCUT2D eigenvalue weighted by Gasteiger charge is -2.31. The number of ether oxygens (including phenoxy) is 1. The number of nitrogens with one attached hydrogen (secondary N) is 1. The van der Waals surface area contributed by atoms with E-state index in [4.69, 9.17) is 4.74 Å². The van der Waals surface area contributed by atoms with Gasteiger partial charge in [-0.3, -0.25) is 0 Å². The van der Waals surface area contributed by atoms with Gasteiger partial charge in [0, 0.05) is 19.2 Å². The molecule has 0 aliphatic heterocycles. The summed E-state index contributed by atoms with van der Waals surface area (Å²) in [5.74, 6) is 0.963. The zero-order valence-electron chi connectivity index (χ0n) is 13.3. The average Bonchev–Trinajstić information content (AvgIpc) is 2.42. The molecule has 4 atom stereocenters. The van der Waals surface area contributed by atoms with Crippen LogP contribution in [0.5, 0.6) is 0 Å². The first kappa shape index (κ1) is 17.9. The minimum Gasteiger partial charge on any atom is -0.396 e. The van der Waals surface area contributed by atoms with Crippen LogP contribution >= 0.6 is 0 Å². The number of hydrogen-bond acceptors (Lipinski definition) is 4. The molecule has 1 aliphatic carbocycles. The zero-order chi connectivity index (χ0) is 15.0. The largest absolute Gasteiger partial charge is 0.396 e. The lowest BCUT2D eigenvalue weighted by Crippen LogP contribution is -2.44. The Bertz CT molecular complexity index is 248. The van der Waals surface area contributed by atoms with Crippen molar-refractivity contribution in [2.45, 2.75) is 71.1 Å². The second-order valence-corrected chi connectivity index (χ2v) is 6.67. The highest BCUT2D eigenvalue weighted by Gasteiger charge is 2.24. The molecule has 0 radical (unpaired) electrons. The van der Waals surface area contributed by atoms with Crippen LogP contribution in [-0.4, -0.2) is 48.2 Å². The van der Waals surface area contributed by atoms with Gasteiger partial charge in [-0.15, -0.1) is 0 Å². The van der Waals surface area contributed by atoms with Crippen LogP contribution in [0, 0.1) is 11.8 Å². The van der Waals surface area contributed by atoms with Gasteiger partial charge in [0.1, 0.15) is 0 Å². The fourth-order valence-corrected chi connectivity index (χ4v) is 3.05. The maximum absolute atomic E-state index is 9.97. The van der Waals surface area contributed by atoms with Crippen molar-refractivity contribution in [2.75, 3.05) is 19.8 Å². The highest BCUT2D eigenvalue weighted by atomic mass is 16.5. The smallest absolute Gasteiger partial charge is 0.0897 e. The van der Waals surface area contributed by atoms with Crippen molar-refractivity contribution in [1.29, 1.82) is 0 Å². The summed E-state index contributed by atoms with van der Waals surface area (Å²) in [4.78, 5) is 0. The van der Waals surface area contributed by atoms with Crippen molar-refractivity contribution in [1.82, 2.24) is 5.32 Å². The first-order chi connectivity index (χ1) is 9.52. The van der Waals surface area contributed by atoms with E-state index in [1.807, 2.05) is 0 Å². The van der Waals surface area contributed by atoms with Gasteiger partial charge >= 0.3 is 0 Å². The molecule has 0 amide bonds. The predicted octanol–water partition coefficient (Wildman–Crippen LogP) is 1.94. The van der Waals surface area contributed by atoms with Gasteiger partial charge < -0.3 is 20.3 Å². The third kappa shape index (κ3) is 7.02. The van der Waals surface area contributed by atoms with Gasteiger partial charge in [-0.25, -0.2) is 0 Å². The second kappa shape index (κ2) is 9.72. The molecule has 0 aromatic rings. The Balaban J connectivity index is 2.16. The summed E-state index contributed by atoms with van der Waals surface area (Å²) < 4.78 is 5.67. The molecule has 4 unspecified atom stereocenters. The Morgan fingerprint density at radius 2 is 1.90 bits per heavy atom. The van der Waals surface area contributed by atoms with Crippen molar-refractivity contribution < 1.29 is 14.9 Å². The van der Waals surface area contributed by atoms with Crippen molar-refractivity contribution in [3.8, 4) is 0 Å². The molecular weight excluding hydrogens is 254 g/mol. The lowest BCUT2D eigenvalue weighted by atomic mass is 9.85. The van der Waals surface area contributed by atoms with Crippen LogP contribution in [0.25, 0.3) is 0 Å². The Labute approximate surface area is 123 Å². The van der Waals surface area contributed by atoms with Gasteiger partial charge in [-0.05, 0) is 38.0 Å². The van der Waals surface area contributed by atoms with Crippen LogP contribution in [0.4, 0.5) is 0 Å². The summed E-state index contributed by atoms with van der Waals surface area (Å²) in [5, 5.41) is 22.7. The molecule has 3 N–H and O–H groups in total. The summed E-state index contributed by atoms with van der Waals surface area (Å²) in [6.07, 6.45) is 5.37. The maximum atomic E-state index is 9.97. The molecular formula is C16H33NO3.